The van der Waals surface area contributed by atoms with Gasteiger partial charge in [-0.05, 0) is 79.2 Å². The molecule has 5 nitrogen and oxygen atoms in total. The molecule has 0 atom stereocenters. The van der Waals surface area contributed by atoms with Gasteiger partial charge in [-0.1, -0.05) is 48.5 Å². The fourth-order valence-electron chi connectivity index (χ4n) is 4.65. The smallest absolute Gasteiger partial charge is 0.251 e. The number of amides is 1. The molecule has 2 heterocycles. The monoisotopic (exact) mass is 442 g/mol. The van der Waals surface area contributed by atoms with Gasteiger partial charge in [-0.3, -0.25) is 9.69 Å². The molecule has 3 aromatic rings. The van der Waals surface area contributed by atoms with Crippen molar-refractivity contribution in [1.82, 2.24) is 10.2 Å². The van der Waals surface area contributed by atoms with Crippen LogP contribution in [0.4, 0.5) is 0 Å². The fourth-order valence-corrected chi connectivity index (χ4v) is 4.65. The lowest BCUT2D eigenvalue weighted by atomic mass is 9.89. The van der Waals surface area contributed by atoms with Crippen LogP contribution in [0.5, 0.6) is 11.5 Å². The molecule has 3 aromatic carbocycles. The summed E-state index contributed by atoms with van der Waals surface area (Å²) in [5, 5.41) is 3.00. The molecule has 1 fully saturated rings. The van der Waals surface area contributed by atoms with Gasteiger partial charge in [0.2, 0.25) is 6.79 Å². The van der Waals surface area contributed by atoms with E-state index in [1.165, 1.54) is 24.0 Å². The van der Waals surface area contributed by atoms with Crippen molar-refractivity contribution < 1.29 is 14.3 Å². The number of nitrogens with zero attached hydrogens (tertiary/aromatic N) is 1. The van der Waals surface area contributed by atoms with Gasteiger partial charge in [0, 0.05) is 18.7 Å². The number of carbonyl (C=O) groups is 1. The second-order valence-corrected chi connectivity index (χ2v) is 8.98. The SMILES string of the molecule is O=C(NCc1ccccc1)c1ccc(CC2CCN(Cc3ccc4c(c3)OCO4)CC2)cc1. The van der Waals surface area contributed by atoms with Crippen LogP contribution in [0.3, 0.4) is 0 Å². The molecular formula is C28H30N2O3. The largest absolute Gasteiger partial charge is 0.454 e. The Morgan fingerprint density at radius 3 is 2.36 bits per heavy atom. The molecule has 0 bridgehead atoms. The Hall–Kier alpha value is -3.31. The minimum absolute atomic E-state index is 0.0257. The normalized spacial score (nSPS) is 16.0. The van der Waals surface area contributed by atoms with Gasteiger partial charge >= 0.3 is 0 Å². The van der Waals surface area contributed by atoms with E-state index in [-0.39, 0.29) is 5.91 Å². The molecule has 0 unspecified atom stereocenters. The van der Waals surface area contributed by atoms with E-state index in [9.17, 15) is 4.79 Å². The Balaban J connectivity index is 1.07. The summed E-state index contributed by atoms with van der Waals surface area (Å²) in [6.07, 6.45) is 3.47. The maximum atomic E-state index is 12.4. The Bertz CT molecular complexity index is 1070. The number of rotatable bonds is 7. The minimum atomic E-state index is -0.0257. The maximum Gasteiger partial charge on any atom is 0.251 e. The highest BCUT2D eigenvalue weighted by Crippen LogP contribution is 2.33. The number of piperidine rings is 1. The van der Waals surface area contributed by atoms with E-state index >= 15 is 0 Å². The summed E-state index contributed by atoms with van der Waals surface area (Å²) in [7, 11) is 0. The van der Waals surface area contributed by atoms with E-state index in [2.05, 4.69) is 34.5 Å². The van der Waals surface area contributed by atoms with Crippen LogP contribution < -0.4 is 14.8 Å². The topological polar surface area (TPSA) is 50.8 Å². The lowest BCUT2D eigenvalue weighted by molar-refractivity contribution is 0.0951. The molecular weight excluding hydrogens is 412 g/mol. The molecule has 0 spiro atoms. The van der Waals surface area contributed by atoms with Gasteiger partial charge in [0.15, 0.2) is 11.5 Å². The summed E-state index contributed by atoms with van der Waals surface area (Å²) in [6.45, 7) is 4.05. The lowest BCUT2D eigenvalue weighted by Gasteiger charge is -2.32. The first-order valence-electron chi connectivity index (χ1n) is 11.7. The van der Waals surface area contributed by atoms with Crippen LogP contribution in [0.25, 0.3) is 0 Å². The molecule has 1 N–H and O–H groups in total. The highest BCUT2D eigenvalue weighted by atomic mass is 16.7. The number of carbonyl (C=O) groups excluding carboxylic acids is 1. The standard InChI is InChI=1S/C28H30N2O3/c31-28(29-18-23-4-2-1-3-5-23)25-9-6-21(7-10-25)16-22-12-14-30(15-13-22)19-24-8-11-26-27(17-24)33-20-32-26/h1-11,17,22H,12-16,18-20H2,(H,29,31). The van der Waals surface area contributed by atoms with Gasteiger partial charge in [-0.25, -0.2) is 0 Å². The third-order valence-electron chi connectivity index (χ3n) is 6.59. The van der Waals surface area contributed by atoms with Crippen molar-refractivity contribution in [1.29, 1.82) is 0 Å². The first kappa shape index (κ1) is 21.5. The minimum Gasteiger partial charge on any atom is -0.454 e. The zero-order valence-electron chi connectivity index (χ0n) is 18.8. The molecule has 0 saturated carbocycles. The van der Waals surface area contributed by atoms with Crippen LogP contribution in [-0.4, -0.2) is 30.7 Å². The van der Waals surface area contributed by atoms with Crippen LogP contribution in [0.2, 0.25) is 0 Å². The summed E-state index contributed by atoms with van der Waals surface area (Å²) >= 11 is 0. The van der Waals surface area contributed by atoms with Crippen LogP contribution in [0, 0.1) is 5.92 Å². The van der Waals surface area contributed by atoms with Crippen molar-refractivity contribution in [2.45, 2.75) is 32.4 Å². The van der Waals surface area contributed by atoms with Crippen molar-refractivity contribution in [2.24, 2.45) is 5.92 Å². The number of fused-ring (bicyclic) bond motifs is 1. The Kier molecular flexibility index (Phi) is 6.58. The molecule has 1 amide bonds. The predicted octanol–water partition coefficient (Wildman–Crippen LogP) is 4.80. The van der Waals surface area contributed by atoms with Crippen molar-refractivity contribution in [3.05, 3.63) is 95.1 Å². The fraction of sp³-hybridized carbons (Fsp3) is 0.321. The number of likely N-dealkylation sites (tertiary alicyclic amines) is 1. The van der Waals surface area contributed by atoms with Crippen LogP contribution in [0.1, 0.15) is 39.9 Å². The molecule has 5 rings (SSSR count). The number of benzene rings is 3. The summed E-state index contributed by atoms with van der Waals surface area (Å²) in [5.41, 5.74) is 4.41. The molecule has 0 aromatic heterocycles. The van der Waals surface area contributed by atoms with Crippen molar-refractivity contribution >= 4 is 5.91 Å². The molecule has 2 aliphatic heterocycles. The Labute approximate surface area is 195 Å². The first-order valence-corrected chi connectivity index (χ1v) is 11.7. The second kappa shape index (κ2) is 10.1. The zero-order chi connectivity index (χ0) is 22.5. The quantitative estimate of drug-likeness (QED) is 0.571. The molecule has 170 valence electrons. The number of hydrogen-bond acceptors (Lipinski definition) is 4. The lowest BCUT2D eigenvalue weighted by Crippen LogP contribution is -2.33. The Morgan fingerprint density at radius 2 is 1.58 bits per heavy atom. The molecule has 33 heavy (non-hydrogen) atoms. The van der Waals surface area contributed by atoms with Gasteiger partial charge < -0.3 is 14.8 Å². The third kappa shape index (κ3) is 5.55. The average molecular weight is 443 g/mol. The van der Waals surface area contributed by atoms with Gasteiger partial charge in [0.05, 0.1) is 0 Å². The molecule has 0 radical (unpaired) electrons. The summed E-state index contributed by atoms with van der Waals surface area (Å²) in [4.78, 5) is 15.0. The van der Waals surface area contributed by atoms with E-state index < -0.39 is 0 Å². The van der Waals surface area contributed by atoms with Crippen molar-refractivity contribution in [3.8, 4) is 11.5 Å². The van der Waals surface area contributed by atoms with Crippen molar-refractivity contribution in [3.63, 3.8) is 0 Å². The summed E-state index contributed by atoms with van der Waals surface area (Å²) < 4.78 is 10.9. The Morgan fingerprint density at radius 1 is 0.848 bits per heavy atom. The predicted molar refractivity (Wildman–Crippen MR) is 128 cm³/mol. The summed E-state index contributed by atoms with van der Waals surface area (Å²) in [5.74, 6) is 2.37. The van der Waals surface area contributed by atoms with E-state index in [1.807, 2.05) is 48.5 Å². The number of hydrogen-bond donors (Lipinski definition) is 1. The first-order chi connectivity index (χ1) is 16.2. The third-order valence-corrected chi connectivity index (χ3v) is 6.59. The van der Waals surface area contributed by atoms with E-state index in [0.717, 1.165) is 43.1 Å². The average Bonchev–Trinajstić information content (AvgIpc) is 3.33. The van der Waals surface area contributed by atoms with Gasteiger partial charge in [0.1, 0.15) is 0 Å². The maximum absolute atomic E-state index is 12.4. The van der Waals surface area contributed by atoms with Crippen LogP contribution in [0.15, 0.2) is 72.8 Å². The molecule has 0 aliphatic carbocycles. The number of ether oxygens (including phenoxy) is 2. The van der Waals surface area contributed by atoms with Gasteiger partial charge in [0.25, 0.3) is 5.91 Å². The van der Waals surface area contributed by atoms with E-state index in [4.69, 9.17) is 9.47 Å². The highest BCUT2D eigenvalue weighted by Gasteiger charge is 2.21. The molecule has 5 heteroatoms. The van der Waals surface area contributed by atoms with Gasteiger partial charge in [-0.2, -0.15) is 0 Å². The zero-order valence-corrected chi connectivity index (χ0v) is 18.8. The van der Waals surface area contributed by atoms with Crippen molar-refractivity contribution in [2.75, 3.05) is 19.9 Å². The van der Waals surface area contributed by atoms with Crippen LogP contribution >= 0.6 is 0 Å². The van der Waals surface area contributed by atoms with E-state index in [0.29, 0.717) is 24.8 Å². The number of nitrogens with one attached hydrogen (secondary N) is 1. The molecule has 1 saturated heterocycles. The highest BCUT2D eigenvalue weighted by molar-refractivity contribution is 5.94. The van der Waals surface area contributed by atoms with Gasteiger partial charge in [-0.15, -0.1) is 0 Å². The van der Waals surface area contributed by atoms with E-state index in [1.54, 1.807) is 0 Å². The summed E-state index contributed by atoms with van der Waals surface area (Å²) in [6, 6.07) is 24.3. The second-order valence-electron chi connectivity index (χ2n) is 8.98. The molecule has 2 aliphatic rings. The van der Waals surface area contributed by atoms with Crippen LogP contribution in [-0.2, 0) is 19.5 Å².